The number of hydrogen-bond donors (Lipinski definition) is 3. The largest absolute Gasteiger partial charge is 0.477 e. The molecule has 0 spiro atoms. The number of benzene rings is 1. The molecule has 0 aromatic heterocycles. The highest BCUT2D eigenvalue weighted by atomic mass is 32.2. The number of nitrogens with zero attached hydrogens (tertiary/aromatic N) is 1. The van der Waals surface area contributed by atoms with Crippen LogP contribution in [0, 0.1) is 0 Å². The lowest BCUT2D eigenvalue weighted by molar-refractivity contribution is -0.151. The van der Waals surface area contributed by atoms with Crippen LogP contribution >= 0.6 is 11.8 Å². The lowest BCUT2D eigenvalue weighted by atomic mass is 10.0. The zero-order valence-corrected chi connectivity index (χ0v) is 16.3. The molecule has 0 bridgehead atoms. The van der Waals surface area contributed by atoms with E-state index in [0.717, 1.165) is 4.90 Å². The molecule has 1 aromatic carbocycles. The van der Waals surface area contributed by atoms with Crippen molar-refractivity contribution in [1.82, 2.24) is 10.2 Å². The molecule has 2 heterocycles. The van der Waals surface area contributed by atoms with Crippen molar-refractivity contribution in [2.45, 2.75) is 24.4 Å². The number of carboxylic acids is 1. The van der Waals surface area contributed by atoms with Gasteiger partial charge in [-0.3, -0.25) is 19.3 Å². The zero-order valence-electron chi connectivity index (χ0n) is 15.5. The molecule has 2 aliphatic rings. The highest BCUT2D eigenvalue weighted by molar-refractivity contribution is 8.00. The summed E-state index contributed by atoms with van der Waals surface area (Å²) in [4.78, 5) is 48.7. The fourth-order valence-electron chi connectivity index (χ4n) is 3.04. The van der Waals surface area contributed by atoms with Crippen LogP contribution in [-0.2, 0) is 23.9 Å². The van der Waals surface area contributed by atoms with E-state index in [1.807, 2.05) is 0 Å². The number of carbonyl (C=O) groups excluding carboxylic acids is 3. The first-order valence-electron chi connectivity index (χ1n) is 8.45. The quantitative estimate of drug-likeness (QED) is 0.393. The predicted molar refractivity (Wildman–Crippen MR) is 103 cm³/mol. The van der Waals surface area contributed by atoms with Crippen LogP contribution in [0.1, 0.15) is 18.5 Å². The van der Waals surface area contributed by atoms with Crippen molar-refractivity contribution in [2.75, 3.05) is 12.4 Å². The maximum atomic E-state index is 12.5. The van der Waals surface area contributed by atoms with Crippen LogP contribution in [0.2, 0.25) is 0 Å². The van der Waals surface area contributed by atoms with Gasteiger partial charge >= 0.3 is 11.9 Å². The number of nitrogens with one attached hydrogen (secondary N) is 1. The van der Waals surface area contributed by atoms with Crippen LogP contribution in [0.4, 0.5) is 0 Å². The predicted octanol–water partition coefficient (Wildman–Crippen LogP) is -0.837. The van der Waals surface area contributed by atoms with E-state index < -0.39 is 41.2 Å². The number of rotatable bonds is 6. The number of esters is 1. The summed E-state index contributed by atoms with van der Waals surface area (Å²) in [6.45, 7) is 1.02. The molecule has 156 valence electrons. The van der Waals surface area contributed by atoms with Crippen molar-refractivity contribution >= 4 is 35.5 Å². The number of aliphatic carboxylic acids is 1. The molecule has 6 N–H and O–H groups in total. The van der Waals surface area contributed by atoms with E-state index in [0.29, 0.717) is 11.1 Å². The third kappa shape index (κ3) is 4.42. The van der Waals surface area contributed by atoms with E-state index in [4.69, 9.17) is 10.5 Å². The van der Waals surface area contributed by atoms with Gasteiger partial charge in [0.25, 0.3) is 5.91 Å². The van der Waals surface area contributed by atoms with E-state index >= 15 is 0 Å². The number of fused-ring (bicyclic) bond motifs is 1. The second-order valence-electron chi connectivity index (χ2n) is 6.32. The highest BCUT2D eigenvalue weighted by Crippen LogP contribution is 2.40. The van der Waals surface area contributed by atoms with Gasteiger partial charge in [-0.25, -0.2) is 4.79 Å². The van der Waals surface area contributed by atoms with E-state index in [1.54, 1.807) is 30.3 Å². The minimum atomic E-state index is -1.29. The molecular formula is C18H21N3O7S. The van der Waals surface area contributed by atoms with Gasteiger partial charge in [-0.15, -0.1) is 11.8 Å². The molecule has 1 fully saturated rings. The average molecular weight is 423 g/mol. The number of thioether (sulfide) groups is 1. The summed E-state index contributed by atoms with van der Waals surface area (Å²) < 4.78 is 4.88. The Morgan fingerprint density at radius 1 is 1.34 bits per heavy atom. The summed E-state index contributed by atoms with van der Waals surface area (Å²) in [5.74, 6) is -2.62. The Labute approximate surface area is 170 Å². The molecule has 2 aliphatic heterocycles. The number of β-lactam (4-membered cyclic amide) rings is 1. The van der Waals surface area contributed by atoms with E-state index in [1.165, 1.54) is 18.7 Å². The molecule has 3 atom stereocenters. The Morgan fingerprint density at radius 3 is 2.59 bits per heavy atom. The normalized spacial score (nSPS) is 21.3. The lowest BCUT2D eigenvalue weighted by Gasteiger charge is -2.49. The molecule has 0 saturated carbocycles. The van der Waals surface area contributed by atoms with Crippen LogP contribution in [0.5, 0.6) is 0 Å². The van der Waals surface area contributed by atoms with Crippen LogP contribution in [-0.4, -0.2) is 63.0 Å². The zero-order chi connectivity index (χ0) is 20.4. The lowest BCUT2D eigenvalue weighted by Crippen LogP contribution is -2.71. The number of carboxylic acid groups (broad SMARTS) is 1. The van der Waals surface area contributed by atoms with Crippen LogP contribution in [0.15, 0.2) is 41.6 Å². The number of amides is 2. The first-order valence-corrected chi connectivity index (χ1v) is 9.50. The standard InChI is InChI=1S/C18H19N3O6S.H2O/c1-9(22)27-7-11-8-28-17-13(16(24)21(17)14(11)18(25)26)20-15(23)12(19)10-5-3-2-4-6-10;/h2-6,12-13,17H,7-8,19H2,1H3,(H,20,23)(H,25,26);1H2. The topological polar surface area (TPSA) is 171 Å². The van der Waals surface area contributed by atoms with Crippen molar-refractivity contribution in [2.24, 2.45) is 5.73 Å². The maximum Gasteiger partial charge on any atom is 0.352 e. The minimum absolute atomic E-state index is 0. The van der Waals surface area contributed by atoms with Crippen LogP contribution < -0.4 is 11.1 Å². The van der Waals surface area contributed by atoms with E-state index in [2.05, 4.69) is 5.32 Å². The minimum Gasteiger partial charge on any atom is -0.477 e. The molecule has 1 aromatic rings. The fourth-order valence-corrected chi connectivity index (χ4v) is 4.37. The summed E-state index contributed by atoms with van der Waals surface area (Å²) in [5, 5.41) is 11.6. The Bertz CT molecular complexity index is 858. The molecular weight excluding hydrogens is 402 g/mol. The van der Waals surface area contributed by atoms with Crippen LogP contribution in [0.25, 0.3) is 0 Å². The first-order chi connectivity index (χ1) is 13.3. The van der Waals surface area contributed by atoms with Gasteiger partial charge in [-0.05, 0) is 5.56 Å². The van der Waals surface area contributed by atoms with Crippen molar-refractivity contribution in [1.29, 1.82) is 0 Å². The van der Waals surface area contributed by atoms with Gasteiger partial charge in [0, 0.05) is 18.2 Å². The molecule has 29 heavy (non-hydrogen) atoms. The van der Waals surface area contributed by atoms with Gasteiger partial charge in [0.15, 0.2) is 0 Å². The van der Waals surface area contributed by atoms with E-state index in [-0.39, 0.29) is 23.5 Å². The van der Waals surface area contributed by atoms with Crippen molar-refractivity contribution in [3.63, 3.8) is 0 Å². The third-order valence-electron chi connectivity index (χ3n) is 4.44. The Morgan fingerprint density at radius 2 is 2.00 bits per heavy atom. The van der Waals surface area contributed by atoms with E-state index in [9.17, 15) is 24.3 Å². The number of hydrogen-bond acceptors (Lipinski definition) is 7. The SMILES string of the molecule is CC(=O)OCC1=C(C(=O)O)N2C(=O)C(NC(=O)C(N)c3ccccc3)C2SC1.O. The second kappa shape index (κ2) is 9.07. The fraction of sp³-hybridized carbons (Fsp3) is 0.333. The van der Waals surface area contributed by atoms with Gasteiger partial charge in [0.2, 0.25) is 5.91 Å². The van der Waals surface area contributed by atoms with Gasteiger partial charge in [-0.1, -0.05) is 30.3 Å². The summed E-state index contributed by atoms with van der Waals surface area (Å²) in [7, 11) is 0. The van der Waals surface area contributed by atoms with Crippen molar-refractivity contribution < 1.29 is 34.5 Å². The van der Waals surface area contributed by atoms with Crippen molar-refractivity contribution in [3.05, 3.63) is 47.2 Å². The number of nitrogens with two attached hydrogens (primary N) is 1. The third-order valence-corrected chi connectivity index (χ3v) is 5.78. The molecule has 11 heteroatoms. The summed E-state index contributed by atoms with van der Waals surface area (Å²) in [5.41, 5.74) is 6.69. The average Bonchev–Trinajstić information content (AvgIpc) is 2.69. The number of carbonyl (C=O) groups is 4. The smallest absolute Gasteiger partial charge is 0.352 e. The summed E-state index contributed by atoms with van der Waals surface area (Å²) in [6.07, 6.45) is 0. The molecule has 3 rings (SSSR count). The molecule has 10 nitrogen and oxygen atoms in total. The highest BCUT2D eigenvalue weighted by Gasteiger charge is 2.54. The Hall–Kier alpha value is -2.89. The molecule has 0 radical (unpaired) electrons. The monoisotopic (exact) mass is 423 g/mol. The first kappa shape index (κ1) is 22.4. The Kier molecular flexibility index (Phi) is 7.01. The summed E-state index contributed by atoms with van der Waals surface area (Å²) >= 11 is 1.29. The van der Waals surface area contributed by atoms with Gasteiger partial charge in [0.05, 0.1) is 0 Å². The second-order valence-corrected chi connectivity index (χ2v) is 7.43. The van der Waals surface area contributed by atoms with Gasteiger partial charge in [-0.2, -0.15) is 0 Å². The summed E-state index contributed by atoms with van der Waals surface area (Å²) in [6, 6.07) is 6.92. The van der Waals surface area contributed by atoms with Crippen LogP contribution in [0.3, 0.4) is 0 Å². The maximum absolute atomic E-state index is 12.5. The molecule has 0 aliphatic carbocycles. The Balaban J connectivity index is 0.00000300. The molecule has 3 unspecified atom stereocenters. The molecule has 1 saturated heterocycles. The van der Waals surface area contributed by atoms with Gasteiger partial charge in [0.1, 0.15) is 29.8 Å². The molecule has 2 amide bonds. The van der Waals surface area contributed by atoms with Gasteiger partial charge < -0.3 is 26.4 Å². The van der Waals surface area contributed by atoms with Crippen molar-refractivity contribution in [3.8, 4) is 0 Å². The number of ether oxygens (including phenoxy) is 1.